The van der Waals surface area contributed by atoms with E-state index >= 15 is 0 Å². The van der Waals surface area contributed by atoms with Gasteiger partial charge in [-0.3, -0.25) is 0 Å². The third kappa shape index (κ3) is 3.88. The summed E-state index contributed by atoms with van der Waals surface area (Å²) in [6.45, 7) is 0. The molecule has 1 aromatic heterocycles. The van der Waals surface area contributed by atoms with E-state index in [1.807, 2.05) is 30.3 Å². The van der Waals surface area contributed by atoms with Gasteiger partial charge < -0.3 is 5.73 Å². The molecule has 3 aromatic carbocycles. The molecule has 4 N–H and O–H groups in total. The average Bonchev–Trinajstić information content (AvgIpc) is 3.13. The molecule has 6 nitrogen and oxygen atoms in total. The van der Waals surface area contributed by atoms with E-state index in [0.29, 0.717) is 27.8 Å². The van der Waals surface area contributed by atoms with Crippen molar-refractivity contribution in [2.75, 3.05) is 5.73 Å². The molecular formula is C21H17ClN4O2S. The number of para-hydroxylation sites is 1. The van der Waals surface area contributed by atoms with Crippen molar-refractivity contribution in [3.05, 3.63) is 83.9 Å². The minimum atomic E-state index is -3.95. The normalized spacial score (nSPS) is 11.5. The minimum Gasteiger partial charge on any atom is -0.399 e. The number of halogens is 1. The van der Waals surface area contributed by atoms with Crippen LogP contribution in [0.15, 0.2) is 83.8 Å². The van der Waals surface area contributed by atoms with Gasteiger partial charge in [-0.05, 0) is 42.5 Å². The minimum absolute atomic E-state index is 0.0177. The van der Waals surface area contributed by atoms with Gasteiger partial charge in [0.05, 0.1) is 17.1 Å². The fourth-order valence-corrected chi connectivity index (χ4v) is 3.94. The maximum absolute atomic E-state index is 12.1. The van der Waals surface area contributed by atoms with Gasteiger partial charge in [0.25, 0.3) is 0 Å². The SMILES string of the molecule is Nc1cccc(-c2cc(-c3ccc(Cl)cc3)nn2-c2ccccc2S(N)(=O)=O)c1. The molecule has 0 saturated heterocycles. The van der Waals surface area contributed by atoms with Gasteiger partial charge in [-0.25, -0.2) is 18.2 Å². The third-order valence-corrected chi connectivity index (χ3v) is 5.64. The number of primary sulfonamides is 1. The number of sulfonamides is 1. The summed E-state index contributed by atoms with van der Waals surface area (Å²) in [5, 5.41) is 10.7. The van der Waals surface area contributed by atoms with Crippen LogP contribution in [0.25, 0.3) is 28.2 Å². The second-order valence-corrected chi connectivity index (χ2v) is 8.44. The molecule has 146 valence electrons. The Labute approximate surface area is 173 Å². The Balaban J connectivity index is 1.99. The highest BCUT2D eigenvalue weighted by molar-refractivity contribution is 7.89. The first-order valence-corrected chi connectivity index (χ1v) is 10.6. The van der Waals surface area contributed by atoms with Crippen LogP contribution in [-0.4, -0.2) is 18.2 Å². The molecule has 4 aromatic rings. The van der Waals surface area contributed by atoms with Crippen LogP contribution in [0.3, 0.4) is 0 Å². The van der Waals surface area contributed by atoms with Gasteiger partial charge in [0.2, 0.25) is 10.0 Å². The first-order chi connectivity index (χ1) is 13.8. The topological polar surface area (TPSA) is 104 Å². The van der Waals surface area contributed by atoms with E-state index in [1.165, 1.54) is 6.07 Å². The van der Waals surface area contributed by atoms with Crippen molar-refractivity contribution in [2.24, 2.45) is 5.14 Å². The van der Waals surface area contributed by atoms with Gasteiger partial charge in [-0.1, -0.05) is 48.0 Å². The fourth-order valence-electron chi connectivity index (χ4n) is 3.10. The summed E-state index contributed by atoms with van der Waals surface area (Å²) in [4.78, 5) is -0.0177. The fraction of sp³-hybridized carbons (Fsp3) is 0. The zero-order chi connectivity index (χ0) is 20.6. The Morgan fingerprint density at radius 1 is 0.862 bits per heavy atom. The Bertz CT molecular complexity index is 1300. The van der Waals surface area contributed by atoms with Crippen molar-refractivity contribution in [1.29, 1.82) is 0 Å². The Kier molecular flexibility index (Phi) is 4.87. The monoisotopic (exact) mass is 424 g/mol. The summed E-state index contributed by atoms with van der Waals surface area (Å²) in [6.07, 6.45) is 0. The highest BCUT2D eigenvalue weighted by atomic mass is 35.5. The van der Waals surface area contributed by atoms with Gasteiger partial charge in [-0.2, -0.15) is 5.10 Å². The molecule has 4 rings (SSSR count). The molecule has 8 heteroatoms. The van der Waals surface area contributed by atoms with Gasteiger partial charge in [0, 0.05) is 21.8 Å². The summed E-state index contributed by atoms with van der Waals surface area (Å²) < 4.78 is 25.9. The molecule has 0 aliphatic heterocycles. The molecular weight excluding hydrogens is 408 g/mol. The molecule has 0 unspecified atom stereocenters. The second-order valence-electron chi connectivity index (χ2n) is 6.47. The number of rotatable bonds is 4. The van der Waals surface area contributed by atoms with Crippen molar-refractivity contribution >= 4 is 27.3 Å². The smallest absolute Gasteiger partial charge is 0.240 e. The number of nitrogens with zero attached hydrogens (tertiary/aromatic N) is 2. The molecule has 0 radical (unpaired) electrons. The van der Waals surface area contributed by atoms with E-state index in [0.717, 1.165) is 11.1 Å². The number of anilines is 1. The number of benzene rings is 3. The zero-order valence-electron chi connectivity index (χ0n) is 15.2. The maximum atomic E-state index is 12.1. The standard InChI is InChI=1S/C21H17ClN4O2S/c22-16-10-8-14(9-11-16)18-13-20(15-4-3-5-17(23)12-15)26(25-18)19-6-1-2-7-21(19)29(24,27)28/h1-13H,23H2,(H2,24,27,28). The van der Waals surface area contributed by atoms with Crippen LogP contribution in [0.4, 0.5) is 5.69 Å². The van der Waals surface area contributed by atoms with Gasteiger partial charge in [-0.15, -0.1) is 0 Å². The predicted molar refractivity (Wildman–Crippen MR) is 115 cm³/mol. The number of nitrogen functional groups attached to an aromatic ring is 1. The highest BCUT2D eigenvalue weighted by Crippen LogP contribution is 2.32. The van der Waals surface area contributed by atoms with Crippen molar-refractivity contribution < 1.29 is 8.42 Å². The maximum Gasteiger partial charge on any atom is 0.240 e. The Morgan fingerprint density at radius 2 is 1.59 bits per heavy atom. The molecule has 1 heterocycles. The van der Waals surface area contributed by atoms with Crippen LogP contribution in [0, 0.1) is 0 Å². The van der Waals surface area contributed by atoms with Gasteiger partial charge in [0.15, 0.2) is 0 Å². The van der Waals surface area contributed by atoms with Crippen LogP contribution in [-0.2, 0) is 10.0 Å². The van der Waals surface area contributed by atoms with Crippen molar-refractivity contribution in [3.8, 4) is 28.2 Å². The van der Waals surface area contributed by atoms with Crippen LogP contribution < -0.4 is 10.9 Å². The lowest BCUT2D eigenvalue weighted by atomic mass is 10.1. The largest absolute Gasteiger partial charge is 0.399 e. The van der Waals surface area contributed by atoms with Crippen LogP contribution >= 0.6 is 11.6 Å². The van der Waals surface area contributed by atoms with E-state index in [2.05, 4.69) is 5.10 Å². The lowest BCUT2D eigenvalue weighted by Gasteiger charge is -2.11. The molecule has 29 heavy (non-hydrogen) atoms. The molecule has 0 spiro atoms. The number of nitrogens with two attached hydrogens (primary N) is 2. The highest BCUT2D eigenvalue weighted by Gasteiger charge is 2.20. The summed E-state index contributed by atoms with van der Waals surface area (Å²) in [5.41, 5.74) is 9.87. The first kappa shape index (κ1) is 19.2. The van der Waals surface area contributed by atoms with E-state index < -0.39 is 10.0 Å². The van der Waals surface area contributed by atoms with Crippen LogP contribution in [0.5, 0.6) is 0 Å². The molecule has 0 fully saturated rings. The van der Waals surface area contributed by atoms with E-state index in [-0.39, 0.29) is 4.90 Å². The lowest BCUT2D eigenvalue weighted by Crippen LogP contribution is -2.16. The third-order valence-electron chi connectivity index (χ3n) is 4.43. The Morgan fingerprint density at radius 3 is 2.28 bits per heavy atom. The molecule has 0 aliphatic carbocycles. The van der Waals surface area contributed by atoms with Crippen molar-refractivity contribution in [2.45, 2.75) is 4.90 Å². The van der Waals surface area contributed by atoms with Crippen molar-refractivity contribution in [1.82, 2.24) is 9.78 Å². The molecule has 0 aliphatic rings. The molecule has 0 amide bonds. The van der Waals surface area contributed by atoms with Crippen LogP contribution in [0.2, 0.25) is 5.02 Å². The summed E-state index contributed by atoms with van der Waals surface area (Å²) in [7, 11) is -3.95. The number of hydrogen-bond donors (Lipinski definition) is 2. The van der Waals surface area contributed by atoms with Gasteiger partial charge in [0.1, 0.15) is 4.90 Å². The van der Waals surface area contributed by atoms with E-state index in [4.69, 9.17) is 22.5 Å². The zero-order valence-corrected chi connectivity index (χ0v) is 16.7. The van der Waals surface area contributed by atoms with E-state index in [9.17, 15) is 8.42 Å². The summed E-state index contributed by atoms with van der Waals surface area (Å²) in [5.74, 6) is 0. The van der Waals surface area contributed by atoms with Crippen molar-refractivity contribution in [3.63, 3.8) is 0 Å². The summed E-state index contributed by atoms with van der Waals surface area (Å²) >= 11 is 6.00. The lowest BCUT2D eigenvalue weighted by molar-refractivity contribution is 0.596. The Hall–Kier alpha value is -3.13. The molecule has 0 bridgehead atoms. The quantitative estimate of drug-likeness (QED) is 0.481. The van der Waals surface area contributed by atoms with Gasteiger partial charge >= 0.3 is 0 Å². The molecule has 0 saturated carbocycles. The van der Waals surface area contributed by atoms with E-state index in [1.54, 1.807) is 47.1 Å². The molecule has 0 atom stereocenters. The number of aromatic nitrogens is 2. The average molecular weight is 425 g/mol. The second kappa shape index (κ2) is 7.36. The number of hydrogen-bond acceptors (Lipinski definition) is 4. The predicted octanol–water partition coefficient (Wildman–Crippen LogP) is 4.09. The van der Waals surface area contributed by atoms with Crippen LogP contribution in [0.1, 0.15) is 0 Å². The summed E-state index contributed by atoms with van der Waals surface area (Å²) in [6, 6.07) is 22.9. The first-order valence-electron chi connectivity index (χ1n) is 8.67.